The summed E-state index contributed by atoms with van der Waals surface area (Å²) in [6.07, 6.45) is 3.74. The van der Waals surface area contributed by atoms with Gasteiger partial charge in [0, 0.05) is 32.8 Å². The van der Waals surface area contributed by atoms with Crippen LogP contribution in [0.3, 0.4) is 0 Å². The molecule has 1 aliphatic heterocycles. The molecule has 0 saturated carbocycles. The van der Waals surface area contributed by atoms with Crippen molar-refractivity contribution in [2.75, 3.05) is 32.8 Å². The lowest BCUT2D eigenvalue weighted by molar-refractivity contribution is 0.0994. The summed E-state index contributed by atoms with van der Waals surface area (Å²) in [5.74, 6) is 1.76. The Kier molecular flexibility index (Phi) is 6.26. The van der Waals surface area contributed by atoms with Crippen molar-refractivity contribution in [3.8, 4) is 0 Å². The van der Waals surface area contributed by atoms with Gasteiger partial charge in [0.05, 0.1) is 0 Å². The Balaban J connectivity index is 2.04. The minimum absolute atomic E-state index is 0.880. The van der Waals surface area contributed by atoms with Crippen molar-refractivity contribution in [2.45, 2.75) is 40.0 Å². The highest BCUT2D eigenvalue weighted by molar-refractivity contribution is 4.74. The van der Waals surface area contributed by atoms with Crippen LogP contribution in [0.15, 0.2) is 0 Å². The number of nitrogens with zero attached hydrogens (tertiary/aromatic N) is 1. The van der Waals surface area contributed by atoms with Crippen molar-refractivity contribution in [3.05, 3.63) is 0 Å². The van der Waals surface area contributed by atoms with E-state index in [0.29, 0.717) is 0 Å². The Bertz CT molecular complexity index is 151. The van der Waals surface area contributed by atoms with E-state index < -0.39 is 0 Å². The highest BCUT2D eigenvalue weighted by Crippen LogP contribution is 2.20. The summed E-state index contributed by atoms with van der Waals surface area (Å²) in [6.45, 7) is 12.6. The fourth-order valence-corrected chi connectivity index (χ4v) is 2.61. The zero-order valence-electron chi connectivity index (χ0n) is 10.7. The van der Waals surface area contributed by atoms with E-state index in [1.165, 1.54) is 32.5 Å². The maximum atomic E-state index is 5.50. The molecule has 0 radical (unpaired) electrons. The predicted molar refractivity (Wildman–Crippen MR) is 65.1 cm³/mol. The van der Waals surface area contributed by atoms with Gasteiger partial charge in [0.25, 0.3) is 0 Å². The Labute approximate surface area is 95.0 Å². The molecular weight excluding hydrogens is 186 g/mol. The number of hydrogen-bond acceptors (Lipinski definition) is 2. The molecule has 2 nitrogen and oxygen atoms in total. The number of ether oxygens (including phenoxy) is 1. The summed E-state index contributed by atoms with van der Waals surface area (Å²) in [5, 5.41) is 0. The van der Waals surface area contributed by atoms with Crippen LogP contribution in [0.2, 0.25) is 0 Å². The first-order valence-corrected chi connectivity index (χ1v) is 6.52. The van der Waals surface area contributed by atoms with Crippen LogP contribution in [0.25, 0.3) is 0 Å². The average molecular weight is 213 g/mol. The second-order valence-electron chi connectivity index (χ2n) is 5.17. The van der Waals surface area contributed by atoms with Gasteiger partial charge in [-0.15, -0.1) is 0 Å². The van der Waals surface area contributed by atoms with Gasteiger partial charge < -0.3 is 9.64 Å². The molecule has 0 aromatic rings. The van der Waals surface area contributed by atoms with Gasteiger partial charge in [0.1, 0.15) is 0 Å². The second-order valence-corrected chi connectivity index (χ2v) is 5.17. The summed E-state index contributed by atoms with van der Waals surface area (Å²) in [5.41, 5.74) is 0. The van der Waals surface area contributed by atoms with Gasteiger partial charge in [0.2, 0.25) is 0 Å². The molecule has 0 N–H and O–H groups in total. The lowest BCUT2D eigenvalue weighted by Gasteiger charge is -2.34. The SMILES string of the molecule is CCCOCCCN1C[C@@H](C)C[C@H](C)C1. The van der Waals surface area contributed by atoms with E-state index in [9.17, 15) is 0 Å². The van der Waals surface area contributed by atoms with Crippen LogP contribution in [0, 0.1) is 11.8 Å². The van der Waals surface area contributed by atoms with Crippen molar-refractivity contribution in [1.82, 2.24) is 4.90 Å². The maximum absolute atomic E-state index is 5.50. The van der Waals surface area contributed by atoms with E-state index in [1.807, 2.05) is 0 Å². The molecule has 0 amide bonds. The summed E-state index contributed by atoms with van der Waals surface area (Å²) < 4.78 is 5.50. The molecule has 2 heteroatoms. The summed E-state index contributed by atoms with van der Waals surface area (Å²) >= 11 is 0. The van der Waals surface area contributed by atoms with Crippen molar-refractivity contribution < 1.29 is 4.74 Å². The zero-order valence-corrected chi connectivity index (χ0v) is 10.7. The molecule has 1 saturated heterocycles. The minimum Gasteiger partial charge on any atom is -0.381 e. The van der Waals surface area contributed by atoms with Gasteiger partial charge in [-0.3, -0.25) is 0 Å². The van der Waals surface area contributed by atoms with E-state index in [0.717, 1.165) is 31.5 Å². The molecule has 1 aliphatic rings. The van der Waals surface area contributed by atoms with Crippen LogP contribution in [-0.4, -0.2) is 37.7 Å². The summed E-state index contributed by atoms with van der Waals surface area (Å²) in [6, 6.07) is 0. The molecule has 0 aromatic heterocycles. The Hall–Kier alpha value is -0.0800. The third-order valence-electron chi connectivity index (χ3n) is 3.06. The molecule has 1 fully saturated rings. The topological polar surface area (TPSA) is 12.5 Å². The normalized spacial score (nSPS) is 28.2. The zero-order chi connectivity index (χ0) is 11.1. The molecule has 0 aliphatic carbocycles. The minimum atomic E-state index is 0.880. The first-order chi connectivity index (χ1) is 7.22. The summed E-state index contributed by atoms with van der Waals surface area (Å²) in [7, 11) is 0. The van der Waals surface area contributed by atoms with Crippen LogP contribution in [-0.2, 0) is 4.74 Å². The molecule has 0 aromatic carbocycles. The molecule has 0 spiro atoms. The highest BCUT2D eigenvalue weighted by Gasteiger charge is 2.20. The van der Waals surface area contributed by atoms with E-state index >= 15 is 0 Å². The largest absolute Gasteiger partial charge is 0.381 e. The molecule has 0 unspecified atom stereocenters. The number of piperidine rings is 1. The molecule has 15 heavy (non-hydrogen) atoms. The van der Waals surface area contributed by atoms with Crippen LogP contribution in [0.1, 0.15) is 40.0 Å². The molecule has 1 heterocycles. The number of likely N-dealkylation sites (tertiary alicyclic amines) is 1. The van der Waals surface area contributed by atoms with Crippen LogP contribution >= 0.6 is 0 Å². The average Bonchev–Trinajstić information content (AvgIpc) is 2.16. The monoisotopic (exact) mass is 213 g/mol. The molecule has 90 valence electrons. The van der Waals surface area contributed by atoms with Gasteiger partial charge in [-0.05, 0) is 31.1 Å². The number of hydrogen-bond donors (Lipinski definition) is 0. The van der Waals surface area contributed by atoms with Gasteiger partial charge in [0.15, 0.2) is 0 Å². The Morgan fingerprint density at radius 2 is 1.80 bits per heavy atom. The van der Waals surface area contributed by atoms with Gasteiger partial charge in [-0.2, -0.15) is 0 Å². The summed E-state index contributed by atoms with van der Waals surface area (Å²) in [4.78, 5) is 2.61. The quantitative estimate of drug-likeness (QED) is 0.629. The smallest absolute Gasteiger partial charge is 0.0478 e. The Morgan fingerprint density at radius 1 is 1.13 bits per heavy atom. The van der Waals surface area contributed by atoms with Crippen molar-refractivity contribution >= 4 is 0 Å². The van der Waals surface area contributed by atoms with Gasteiger partial charge in [-0.1, -0.05) is 20.8 Å². The fourth-order valence-electron chi connectivity index (χ4n) is 2.61. The lowest BCUT2D eigenvalue weighted by atomic mass is 9.92. The van der Waals surface area contributed by atoms with Crippen LogP contribution in [0.5, 0.6) is 0 Å². The van der Waals surface area contributed by atoms with Crippen molar-refractivity contribution in [1.29, 1.82) is 0 Å². The third kappa shape index (κ3) is 5.53. The molecule has 1 rings (SSSR count). The third-order valence-corrected chi connectivity index (χ3v) is 3.06. The lowest BCUT2D eigenvalue weighted by Crippen LogP contribution is -2.39. The predicted octanol–water partition coefficient (Wildman–Crippen LogP) is 2.78. The van der Waals surface area contributed by atoms with E-state index in [1.54, 1.807) is 0 Å². The van der Waals surface area contributed by atoms with Crippen molar-refractivity contribution in [3.63, 3.8) is 0 Å². The van der Waals surface area contributed by atoms with Crippen molar-refractivity contribution in [2.24, 2.45) is 11.8 Å². The van der Waals surface area contributed by atoms with E-state index in [4.69, 9.17) is 4.74 Å². The number of rotatable bonds is 6. The Morgan fingerprint density at radius 3 is 2.40 bits per heavy atom. The highest BCUT2D eigenvalue weighted by atomic mass is 16.5. The molecule has 0 bridgehead atoms. The van der Waals surface area contributed by atoms with Crippen LogP contribution in [0.4, 0.5) is 0 Å². The van der Waals surface area contributed by atoms with E-state index in [2.05, 4.69) is 25.7 Å². The van der Waals surface area contributed by atoms with E-state index in [-0.39, 0.29) is 0 Å². The molecule has 2 atom stereocenters. The standard InChI is InChI=1S/C13H27NO/c1-4-7-15-8-5-6-14-10-12(2)9-13(3)11-14/h12-13H,4-11H2,1-3H3/t12-,13-/m0/s1. The first kappa shape index (κ1) is 13.0. The fraction of sp³-hybridized carbons (Fsp3) is 1.00. The maximum Gasteiger partial charge on any atom is 0.0478 e. The van der Waals surface area contributed by atoms with Gasteiger partial charge in [-0.25, -0.2) is 0 Å². The van der Waals surface area contributed by atoms with Crippen LogP contribution < -0.4 is 0 Å². The second kappa shape index (κ2) is 7.24. The van der Waals surface area contributed by atoms with Gasteiger partial charge >= 0.3 is 0 Å². The first-order valence-electron chi connectivity index (χ1n) is 6.52. The molecular formula is C13H27NO.